The third kappa shape index (κ3) is 11.1. The number of carbonyl (C=O) groups is 2. The fourth-order valence-electron chi connectivity index (χ4n) is 4.07. The topological polar surface area (TPSA) is 71.1 Å². The van der Waals surface area contributed by atoms with Gasteiger partial charge in [0.1, 0.15) is 23.0 Å². The molecule has 6 nitrogen and oxygen atoms in total. The number of ether oxygens (including phenoxy) is 4. The van der Waals surface area contributed by atoms with Gasteiger partial charge in [-0.1, -0.05) is 65.2 Å². The lowest BCUT2D eigenvalue weighted by Crippen LogP contribution is -2.09. The molecular formula is C34H42O6. The van der Waals surface area contributed by atoms with E-state index in [1.807, 2.05) is 0 Å². The summed E-state index contributed by atoms with van der Waals surface area (Å²) in [6.07, 6.45) is 11.8. The molecule has 0 aliphatic carbocycles. The maximum absolute atomic E-state index is 12.5. The van der Waals surface area contributed by atoms with Gasteiger partial charge in [-0.25, -0.2) is 9.59 Å². The van der Waals surface area contributed by atoms with E-state index in [0.717, 1.165) is 37.2 Å². The quantitative estimate of drug-likeness (QED) is 0.0902. The van der Waals surface area contributed by atoms with Gasteiger partial charge in [-0.15, -0.1) is 0 Å². The van der Waals surface area contributed by atoms with E-state index in [1.165, 1.54) is 38.5 Å². The smallest absolute Gasteiger partial charge is 0.343 e. The molecule has 0 fully saturated rings. The molecule has 0 aromatic heterocycles. The first kappa shape index (κ1) is 30.7. The first-order valence-corrected chi connectivity index (χ1v) is 14.6. The lowest BCUT2D eigenvalue weighted by atomic mass is 10.2. The van der Waals surface area contributed by atoms with Crippen LogP contribution in [0.25, 0.3) is 0 Å². The van der Waals surface area contributed by atoms with Gasteiger partial charge in [0.15, 0.2) is 0 Å². The minimum atomic E-state index is -0.473. The zero-order valence-electron chi connectivity index (χ0n) is 23.9. The number of hydrogen-bond acceptors (Lipinski definition) is 6. The van der Waals surface area contributed by atoms with E-state index < -0.39 is 11.9 Å². The van der Waals surface area contributed by atoms with E-state index in [-0.39, 0.29) is 0 Å². The van der Waals surface area contributed by atoms with Gasteiger partial charge < -0.3 is 18.9 Å². The molecule has 0 aliphatic heterocycles. The Bertz CT molecular complexity index is 1040. The normalized spacial score (nSPS) is 10.7. The summed E-state index contributed by atoms with van der Waals surface area (Å²) in [6, 6.07) is 20.2. The Balaban J connectivity index is 1.40. The number of benzene rings is 3. The second-order valence-corrected chi connectivity index (χ2v) is 9.82. The zero-order chi connectivity index (χ0) is 28.4. The molecule has 0 bridgehead atoms. The monoisotopic (exact) mass is 546 g/mol. The molecule has 0 saturated carbocycles. The van der Waals surface area contributed by atoms with Crippen molar-refractivity contribution in [1.82, 2.24) is 0 Å². The minimum Gasteiger partial charge on any atom is -0.494 e. The number of rotatable bonds is 18. The van der Waals surface area contributed by atoms with Crippen LogP contribution in [0.1, 0.15) is 98.8 Å². The summed E-state index contributed by atoms with van der Waals surface area (Å²) in [5, 5.41) is 0. The minimum absolute atomic E-state index is 0.355. The molecule has 0 aliphatic rings. The van der Waals surface area contributed by atoms with E-state index >= 15 is 0 Å². The molecule has 3 rings (SSSR count). The molecule has 0 N–H and O–H groups in total. The van der Waals surface area contributed by atoms with Crippen LogP contribution in [0, 0.1) is 0 Å². The number of esters is 2. The Morgan fingerprint density at radius 3 is 1.12 bits per heavy atom. The highest BCUT2D eigenvalue weighted by atomic mass is 16.5. The Hall–Kier alpha value is -3.80. The maximum Gasteiger partial charge on any atom is 0.343 e. The summed E-state index contributed by atoms with van der Waals surface area (Å²) in [5.74, 6) is 1.23. The molecule has 0 radical (unpaired) electrons. The van der Waals surface area contributed by atoms with Crippen LogP contribution in [0.3, 0.4) is 0 Å². The molecule has 0 unspecified atom stereocenters. The van der Waals surface area contributed by atoms with Crippen molar-refractivity contribution in [2.45, 2.75) is 78.1 Å². The second kappa shape index (κ2) is 17.7. The molecule has 0 atom stereocenters. The summed E-state index contributed by atoms with van der Waals surface area (Å²) < 4.78 is 22.4. The largest absolute Gasteiger partial charge is 0.494 e. The van der Waals surface area contributed by atoms with Gasteiger partial charge in [0.2, 0.25) is 0 Å². The Labute approximate surface area is 238 Å². The number of hydrogen-bond donors (Lipinski definition) is 0. The first-order valence-electron chi connectivity index (χ1n) is 14.6. The molecule has 0 saturated heterocycles. The number of carbonyl (C=O) groups excluding carboxylic acids is 2. The van der Waals surface area contributed by atoms with Crippen molar-refractivity contribution in [1.29, 1.82) is 0 Å². The molecular weight excluding hydrogens is 504 g/mol. The van der Waals surface area contributed by atoms with E-state index in [9.17, 15) is 9.59 Å². The van der Waals surface area contributed by atoms with Crippen molar-refractivity contribution in [3.05, 3.63) is 83.9 Å². The zero-order valence-corrected chi connectivity index (χ0v) is 23.9. The lowest BCUT2D eigenvalue weighted by Gasteiger charge is -2.09. The van der Waals surface area contributed by atoms with Crippen LogP contribution in [0.2, 0.25) is 0 Å². The Kier molecular flexibility index (Phi) is 13.6. The van der Waals surface area contributed by atoms with Crippen LogP contribution in [0.4, 0.5) is 0 Å². The summed E-state index contributed by atoms with van der Waals surface area (Å²) in [7, 11) is 0. The third-order valence-corrected chi connectivity index (χ3v) is 6.46. The van der Waals surface area contributed by atoms with Gasteiger partial charge in [-0.3, -0.25) is 0 Å². The van der Waals surface area contributed by atoms with Gasteiger partial charge in [-0.2, -0.15) is 0 Å². The molecule has 214 valence electrons. The average Bonchev–Trinajstić information content (AvgIpc) is 2.98. The van der Waals surface area contributed by atoms with Crippen molar-refractivity contribution in [3.8, 4) is 23.0 Å². The van der Waals surface area contributed by atoms with Crippen molar-refractivity contribution < 1.29 is 28.5 Å². The van der Waals surface area contributed by atoms with Gasteiger partial charge in [-0.05, 0) is 85.6 Å². The summed E-state index contributed by atoms with van der Waals surface area (Å²) >= 11 is 0. The summed E-state index contributed by atoms with van der Waals surface area (Å²) in [5.41, 5.74) is 0.851. The van der Waals surface area contributed by atoms with Gasteiger partial charge >= 0.3 is 11.9 Å². The third-order valence-electron chi connectivity index (χ3n) is 6.46. The van der Waals surface area contributed by atoms with Crippen molar-refractivity contribution in [2.75, 3.05) is 13.2 Å². The highest BCUT2D eigenvalue weighted by molar-refractivity contribution is 5.92. The molecule has 6 heteroatoms. The van der Waals surface area contributed by atoms with Crippen molar-refractivity contribution in [2.24, 2.45) is 0 Å². The van der Waals surface area contributed by atoms with Crippen LogP contribution in [-0.2, 0) is 0 Å². The standard InChI is InChI=1S/C34H42O6/c1-3-5-7-9-11-25-37-29-17-13-27(14-18-29)33(35)39-31-21-23-32(24-22-31)40-34(36)28-15-19-30(20-16-28)38-26-12-10-8-6-4-2/h13-24H,3-12,25-26H2,1-2H3. The van der Waals surface area contributed by atoms with Crippen LogP contribution >= 0.6 is 0 Å². The molecule has 3 aromatic rings. The molecule has 0 heterocycles. The fourth-order valence-corrected chi connectivity index (χ4v) is 4.07. The summed E-state index contributed by atoms with van der Waals surface area (Å²) in [4.78, 5) is 25.1. The SMILES string of the molecule is CCCCCCCOc1ccc(C(=O)Oc2ccc(OC(=O)c3ccc(OCCCCCCC)cc3)cc2)cc1. The van der Waals surface area contributed by atoms with Crippen LogP contribution < -0.4 is 18.9 Å². The van der Waals surface area contributed by atoms with Crippen LogP contribution in [0.5, 0.6) is 23.0 Å². The first-order chi connectivity index (χ1) is 19.6. The average molecular weight is 547 g/mol. The van der Waals surface area contributed by atoms with Crippen LogP contribution in [0.15, 0.2) is 72.8 Å². The van der Waals surface area contributed by atoms with Gasteiger partial charge in [0, 0.05) is 0 Å². The van der Waals surface area contributed by atoms with E-state index in [0.29, 0.717) is 35.8 Å². The fraction of sp³-hybridized carbons (Fsp3) is 0.412. The number of unbranched alkanes of at least 4 members (excludes halogenated alkanes) is 8. The lowest BCUT2D eigenvalue weighted by molar-refractivity contribution is 0.0719. The van der Waals surface area contributed by atoms with E-state index in [1.54, 1.807) is 72.8 Å². The molecule has 40 heavy (non-hydrogen) atoms. The molecule has 0 amide bonds. The Morgan fingerprint density at radius 1 is 0.450 bits per heavy atom. The van der Waals surface area contributed by atoms with Gasteiger partial charge in [0.05, 0.1) is 24.3 Å². The van der Waals surface area contributed by atoms with Crippen LogP contribution in [-0.4, -0.2) is 25.2 Å². The summed E-state index contributed by atoms with van der Waals surface area (Å²) in [6.45, 7) is 5.74. The Morgan fingerprint density at radius 2 is 0.775 bits per heavy atom. The van der Waals surface area contributed by atoms with Crippen molar-refractivity contribution >= 4 is 11.9 Å². The molecule has 3 aromatic carbocycles. The van der Waals surface area contributed by atoms with E-state index in [2.05, 4.69) is 13.8 Å². The predicted molar refractivity (Wildman–Crippen MR) is 158 cm³/mol. The molecule has 0 spiro atoms. The van der Waals surface area contributed by atoms with Gasteiger partial charge in [0.25, 0.3) is 0 Å². The highest BCUT2D eigenvalue weighted by Crippen LogP contribution is 2.21. The second-order valence-electron chi connectivity index (χ2n) is 9.82. The van der Waals surface area contributed by atoms with E-state index in [4.69, 9.17) is 18.9 Å². The predicted octanol–water partition coefficient (Wildman–Crippen LogP) is 8.82. The maximum atomic E-state index is 12.5. The van der Waals surface area contributed by atoms with Crippen molar-refractivity contribution in [3.63, 3.8) is 0 Å². The highest BCUT2D eigenvalue weighted by Gasteiger charge is 2.12.